The van der Waals surface area contributed by atoms with Crippen molar-refractivity contribution in [2.75, 3.05) is 0 Å². The topological polar surface area (TPSA) is 116 Å². The van der Waals surface area contributed by atoms with E-state index in [0.717, 1.165) is 49.3 Å². The zero-order valence-corrected chi connectivity index (χ0v) is 23.0. The minimum absolute atomic E-state index is 0.204. The van der Waals surface area contributed by atoms with Crippen LogP contribution in [0.2, 0.25) is 0 Å². The summed E-state index contributed by atoms with van der Waals surface area (Å²) in [5.41, 5.74) is 10.7. The monoisotopic (exact) mass is 524 g/mol. The fraction of sp³-hybridized carbons (Fsp3) is 0.533. The van der Waals surface area contributed by atoms with Gasteiger partial charge in [0.25, 0.3) is 11.8 Å². The van der Waals surface area contributed by atoms with Crippen LogP contribution < -0.4 is 21.7 Å². The van der Waals surface area contributed by atoms with Gasteiger partial charge in [-0.1, -0.05) is 90.2 Å². The zero-order chi connectivity index (χ0) is 27.6. The van der Waals surface area contributed by atoms with E-state index < -0.39 is 11.8 Å². The SMILES string of the molecule is CCCCCCCCC(=O)NNC(=O)c1ccc2cc(C(=O)NNC(=O)CCCCCCCC)ccc2c1. The first-order valence-corrected chi connectivity index (χ1v) is 14.2. The average molecular weight is 525 g/mol. The first-order chi connectivity index (χ1) is 18.4. The van der Waals surface area contributed by atoms with Gasteiger partial charge in [-0.25, -0.2) is 0 Å². The molecule has 38 heavy (non-hydrogen) atoms. The molecule has 4 amide bonds. The number of benzene rings is 2. The van der Waals surface area contributed by atoms with Gasteiger partial charge in [-0.3, -0.25) is 40.9 Å². The van der Waals surface area contributed by atoms with Crippen LogP contribution in [0.15, 0.2) is 36.4 Å². The minimum Gasteiger partial charge on any atom is -0.273 e. The standard InChI is InChI=1S/C30H44N4O4/c1-3-5-7-9-11-13-15-27(35)31-33-29(37)25-19-17-24-22-26(20-18-23(24)21-25)30(38)34-32-28(36)16-14-12-10-8-6-4-2/h17-22H,3-16H2,1-2H3,(H,31,35)(H,32,36)(H,33,37)(H,34,38). The van der Waals surface area contributed by atoms with E-state index in [4.69, 9.17) is 0 Å². The molecule has 0 heterocycles. The third-order valence-corrected chi connectivity index (χ3v) is 6.51. The number of hydrazine groups is 2. The Kier molecular flexibility index (Phi) is 14.5. The molecule has 0 aliphatic rings. The van der Waals surface area contributed by atoms with Gasteiger partial charge in [0.15, 0.2) is 0 Å². The maximum absolute atomic E-state index is 12.5. The second-order valence-corrected chi connectivity index (χ2v) is 9.82. The van der Waals surface area contributed by atoms with Crippen LogP contribution >= 0.6 is 0 Å². The highest BCUT2D eigenvalue weighted by Gasteiger charge is 2.11. The van der Waals surface area contributed by atoms with Crippen molar-refractivity contribution >= 4 is 34.4 Å². The van der Waals surface area contributed by atoms with Gasteiger partial charge < -0.3 is 0 Å². The molecular weight excluding hydrogens is 480 g/mol. The Morgan fingerprint density at radius 2 is 0.868 bits per heavy atom. The second-order valence-electron chi connectivity index (χ2n) is 9.82. The number of hydrogen-bond donors (Lipinski definition) is 4. The van der Waals surface area contributed by atoms with Crippen molar-refractivity contribution in [1.29, 1.82) is 0 Å². The predicted molar refractivity (Wildman–Crippen MR) is 151 cm³/mol. The summed E-state index contributed by atoms with van der Waals surface area (Å²) >= 11 is 0. The third-order valence-electron chi connectivity index (χ3n) is 6.51. The Bertz CT molecular complexity index is 970. The van der Waals surface area contributed by atoms with E-state index in [2.05, 4.69) is 35.6 Å². The fourth-order valence-electron chi connectivity index (χ4n) is 4.18. The third kappa shape index (κ3) is 11.8. The Morgan fingerprint density at radius 1 is 0.500 bits per heavy atom. The first-order valence-electron chi connectivity index (χ1n) is 14.2. The van der Waals surface area contributed by atoms with Crippen LogP contribution in [0.3, 0.4) is 0 Å². The number of rotatable bonds is 16. The van der Waals surface area contributed by atoms with Crippen LogP contribution in [-0.2, 0) is 9.59 Å². The molecule has 208 valence electrons. The van der Waals surface area contributed by atoms with Crippen molar-refractivity contribution in [2.24, 2.45) is 0 Å². The van der Waals surface area contributed by atoms with Crippen molar-refractivity contribution in [3.05, 3.63) is 47.5 Å². The maximum atomic E-state index is 12.5. The van der Waals surface area contributed by atoms with E-state index in [-0.39, 0.29) is 11.8 Å². The average Bonchev–Trinajstić information content (AvgIpc) is 2.93. The molecule has 0 radical (unpaired) electrons. The zero-order valence-electron chi connectivity index (χ0n) is 23.0. The van der Waals surface area contributed by atoms with Gasteiger partial charge in [0.05, 0.1) is 0 Å². The van der Waals surface area contributed by atoms with Crippen molar-refractivity contribution in [3.8, 4) is 0 Å². The molecule has 0 saturated heterocycles. The Morgan fingerprint density at radius 3 is 1.26 bits per heavy atom. The molecule has 4 N–H and O–H groups in total. The lowest BCUT2D eigenvalue weighted by atomic mass is 10.0. The Labute approximate surface area is 226 Å². The van der Waals surface area contributed by atoms with Gasteiger partial charge in [0, 0.05) is 24.0 Å². The lowest BCUT2D eigenvalue weighted by molar-refractivity contribution is -0.122. The Balaban J connectivity index is 1.76. The molecule has 0 saturated carbocycles. The molecule has 0 fully saturated rings. The molecular formula is C30H44N4O4. The molecule has 2 aromatic carbocycles. The van der Waals surface area contributed by atoms with Crippen LogP contribution in [0.4, 0.5) is 0 Å². The number of nitrogens with one attached hydrogen (secondary N) is 4. The van der Waals surface area contributed by atoms with Crippen LogP contribution in [0.5, 0.6) is 0 Å². The number of hydrogen-bond acceptors (Lipinski definition) is 4. The van der Waals surface area contributed by atoms with Gasteiger partial charge in [0.1, 0.15) is 0 Å². The van der Waals surface area contributed by atoms with Crippen molar-refractivity contribution in [2.45, 2.75) is 104 Å². The number of amides is 4. The summed E-state index contributed by atoms with van der Waals surface area (Å²) in [4.78, 5) is 48.9. The Hall–Kier alpha value is -3.42. The van der Waals surface area contributed by atoms with Crippen LogP contribution in [0.1, 0.15) is 124 Å². The summed E-state index contributed by atoms with van der Waals surface area (Å²) in [6, 6.07) is 10.2. The van der Waals surface area contributed by atoms with Gasteiger partial charge in [-0.2, -0.15) is 0 Å². The molecule has 8 heteroatoms. The molecule has 0 atom stereocenters. The maximum Gasteiger partial charge on any atom is 0.269 e. The van der Waals surface area contributed by atoms with Gasteiger partial charge in [0.2, 0.25) is 11.8 Å². The van der Waals surface area contributed by atoms with Crippen LogP contribution in [0.25, 0.3) is 10.8 Å². The molecule has 0 aromatic heterocycles. The van der Waals surface area contributed by atoms with E-state index in [1.54, 1.807) is 36.4 Å². The highest BCUT2D eigenvalue weighted by molar-refractivity contribution is 6.02. The van der Waals surface area contributed by atoms with E-state index in [1.165, 1.54) is 38.5 Å². The highest BCUT2D eigenvalue weighted by Crippen LogP contribution is 2.18. The number of fused-ring (bicyclic) bond motifs is 1. The molecule has 0 unspecified atom stereocenters. The minimum atomic E-state index is -0.405. The van der Waals surface area contributed by atoms with Gasteiger partial charge in [-0.15, -0.1) is 0 Å². The molecule has 8 nitrogen and oxygen atoms in total. The van der Waals surface area contributed by atoms with Crippen molar-refractivity contribution < 1.29 is 19.2 Å². The largest absolute Gasteiger partial charge is 0.273 e. The fourth-order valence-corrected chi connectivity index (χ4v) is 4.18. The highest BCUT2D eigenvalue weighted by atomic mass is 16.2. The van der Waals surface area contributed by atoms with E-state index in [9.17, 15) is 19.2 Å². The van der Waals surface area contributed by atoms with Crippen molar-refractivity contribution in [1.82, 2.24) is 21.7 Å². The first kappa shape index (κ1) is 30.8. The number of unbranched alkanes of at least 4 members (excludes halogenated alkanes) is 10. The number of carbonyl (C=O) groups is 4. The summed E-state index contributed by atoms with van der Waals surface area (Å²) in [5.74, 6) is -1.22. The lowest BCUT2D eigenvalue weighted by Crippen LogP contribution is -2.41. The van der Waals surface area contributed by atoms with Gasteiger partial charge in [-0.05, 0) is 47.9 Å². The van der Waals surface area contributed by atoms with Gasteiger partial charge >= 0.3 is 0 Å². The van der Waals surface area contributed by atoms with E-state index >= 15 is 0 Å². The molecule has 0 aliphatic heterocycles. The molecule has 0 aliphatic carbocycles. The summed E-state index contributed by atoms with van der Waals surface area (Å²) in [5, 5.41) is 1.56. The predicted octanol–water partition coefficient (Wildman–Crippen LogP) is 5.86. The van der Waals surface area contributed by atoms with Crippen LogP contribution in [0, 0.1) is 0 Å². The smallest absolute Gasteiger partial charge is 0.269 e. The quantitative estimate of drug-likeness (QED) is 0.162. The molecule has 2 rings (SSSR count). The summed E-state index contributed by atoms with van der Waals surface area (Å²) < 4.78 is 0. The molecule has 0 bridgehead atoms. The van der Waals surface area contributed by atoms with Crippen LogP contribution in [-0.4, -0.2) is 23.6 Å². The summed E-state index contributed by atoms with van der Waals surface area (Å²) in [6.45, 7) is 4.34. The lowest BCUT2D eigenvalue weighted by Gasteiger charge is -2.10. The molecule has 2 aromatic rings. The summed E-state index contributed by atoms with van der Waals surface area (Å²) in [7, 11) is 0. The van der Waals surface area contributed by atoms with Crippen molar-refractivity contribution in [3.63, 3.8) is 0 Å². The summed E-state index contributed by atoms with van der Waals surface area (Å²) in [6.07, 6.45) is 13.9. The number of carbonyl (C=O) groups excluding carboxylic acids is 4. The second kappa shape index (κ2) is 17.9. The normalized spacial score (nSPS) is 10.7. The van der Waals surface area contributed by atoms with E-state index in [1.807, 2.05) is 0 Å². The molecule has 0 spiro atoms. The van der Waals surface area contributed by atoms with E-state index in [0.29, 0.717) is 24.0 Å².